The summed E-state index contributed by atoms with van der Waals surface area (Å²) < 4.78 is 12.9. The maximum Gasteiger partial charge on any atom is 0.249 e. The zero-order chi connectivity index (χ0) is 9.30. The molecule has 4 heteroatoms. The first-order valence-corrected chi connectivity index (χ1v) is 3.65. The molecule has 0 aliphatic heterocycles. The molecule has 1 amide bonds. The van der Waals surface area contributed by atoms with Crippen LogP contribution in [-0.2, 0) is 0 Å². The standard InChI is InChI=1S/C8H7ClFNO/c1-4-6(8(11)12)2-5(9)3-7(4)10/h2-3H,1H3,(H2,11,12). The van der Waals surface area contributed by atoms with Gasteiger partial charge in [-0.05, 0) is 24.6 Å². The Bertz CT molecular complexity index is 338. The third-order valence-corrected chi connectivity index (χ3v) is 1.79. The molecule has 0 aromatic heterocycles. The largest absolute Gasteiger partial charge is 0.366 e. The van der Waals surface area contributed by atoms with E-state index >= 15 is 0 Å². The minimum atomic E-state index is -0.672. The van der Waals surface area contributed by atoms with Gasteiger partial charge in [-0.1, -0.05) is 11.6 Å². The fourth-order valence-electron chi connectivity index (χ4n) is 0.902. The normalized spacial score (nSPS) is 9.92. The van der Waals surface area contributed by atoms with Crippen molar-refractivity contribution in [2.24, 2.45) is 5.73 Å². The lowest BCUT2D eigenvalue weighted by Gasteiger charge is -2.02. The fourth-order valence-corrected chi connectivity index (χ4v) is 1.11. The van der Waals surface area contributed by atoms with Crippen LogP contribution < -0.4 is 5.73 Å². The molecule has 0 aliphatic rings. The van der Waals surface area contributed by atoms with Gasteiger partial charge in [0.15, 0.2) is 0 Å². The molecule has 0 unspecified atom stereocenters. The summed E-state index contributed by atoms with van der Waals surface area (Å²) in [7, 11) is 0. The Morgan fingerprint density at radius 2 is 2.17 bits per heavy atom. The highest BCUT2D eigenvalue weighted by molar-refractivity contribution is 6.31. The summed E-state index contributed by atoms with van der Waals surface area (Å²) in [6.07, 6.45) is 0. The number of carbonyl (C=O) groups excluding carboxylic acids is 1. The maximum absolute atomic E-state index is 12.9. The van der Waals surface area contributed by atoms with Crippen molar-refractivity contribution in [1.82, 2.24) is 0 Å². The van der Waals surface area contributed by atoms with Crippen LogP contribution in [0.5, 0.6) is 0 Å². The summed E-state index contributed by atoms with van der Waals surface area (Å²) in [5.41, 5.74) is 5.34. The van der Waals surface area contributed by atoms with E-state index in [1.54, 1.807) is 0 Å². The number of hydrogen-bond acceptors (Lipinski definition) is 1. The molecule has 2 N–H and O–H groups in total. The number of halogens is 2. The molecule has 0 aliphatic carbocycles. The van der Waals surface area contributed by atoms with Gasteiger partial charge in [0.25, 0.3) is 0 Å². The summed E-state index contributed by atoms with van der Waals surface area (Å²) in [6.45, 7) is 1.48. The molecule has 1 aromatic rings. The Hall–Kier alpha value is -1.09. The molecule has 0 radical (unpaired) electrons. The molecule has 0 heterocycles. The van der Waals surface area contributed by atoms with Crippen LogP contribution in [0, 0.1) is 12.7 Å². The van der Waals surface area contributed by atoms with Gasteiger partial charge in [0.2, 0.25) is 5.91 Å². The van der Waals surface area contributed by atoms with Crippen LogP contribution in [0.2, 0.25) is 5.02 Å². The summed E-state index contributed by atoms with van der Waals surface area (Å²) in [6, 6.07) is 2.49. The molecule has 0 bridgehead atoms. The lowest BCUT2D eigenvalue weighted by Crippen LogP contribution is -2.13. The number of hydrogen-bond donors (Lipinski definition) is 1. The minimum Gasteiger partial charge on any atom is -0.366 e. The van der Waals surface area contributed by atoms with Crippen molar-refractivity contribution in [3.8, 4) is 0 Å². The van der Waals surface area contributed by atoms with E-state index in [0.717, 1.165) is 6.07 Å². The van der Waals surface area contributed by atoms with Crippen LogP contribution in [-0.4, -0.2) is 5.91 Å². The first-order chi connectivity index (χ1) is 5.52. The van der Waals surface area contributed by atoms with Crippen LogP contribution in [0.15, 0.2) is 12.1 Å². The second-order valence-corrected chi connectivity index (χ2v) is 2.86. The van der Waals surface area contributed by atoms with Gasteiger partial charge in [0, 0.05) is 10.6 Å². The van der Waals surface area contributed by atoms with E-state index in [1.807, 2.05) is 0 Å². The fraction of sp³-hybridized carbons (Fsp3) is 0.125. The monoisotopic (exact) mass is 187 g/mol. The van der Waals surface area contributed by atoms with Crippen molar-refractivity contribution in [2.45, 2.75) is 6.92 Å². The Morgan fingerprint density at radius 1 is 1.58 bits per heavy atom. The summed E-state index contributed by atoms with van der Waals surface area (Å²) >= 11 is 5.52. The maximum atomic E-state index is 12.9. The molecule has 64 valence electrons. The van der Waals surface area contributed by atoms with E-state index in [-0.39, 0.29) is 16.1 Å². The first kappa shape index (κ1) is 9.00. The van der Waals surface area contributed by atoms with Crippen molar-refractivity contribution >= 4 is 17.5 Å². The third kappa shape index (κ3) is 1.56. The van der Waals surface area contributed by atoms with E-state index in [4.69, 9.17) is 17.3 Å². The molecular weight excluding hydrogens is 181 g/mol. The molecule has 0 fully saturated rings. The molecule has 0 saturated carbocycles. The molecule has 0 spiro atoms. The average Bonchev–Trinajstić information content (AvgIpc) is 1.96. The number of rotatable bonds is 1. The molecule has 0 saturated heterocycles. The van der Waals surface area contributed by atoms with Crippen molar-refractivity contribution in [2.75, 3.05) is 0 Å². The van der Waals surface area contributed by atoms with Crippen LogP contribution in [0.3, 0.4) is 0 Å². The van der Waals surface area contributed by atoms with Gasteiger partial charge in [-0.15, -0.1) is 0 Å². The Balaban J connectivity index is 3.37. The Kier molecular flexibility index (Phi) is 2.33. The molecule has 1 aromatic carbocycles. The highest BCUT2D eigenvalue weighted by atomic mass is 35.5. The molecule has 1 rings (SSSR count). The number of nitrogens with two attached hydrogens (primary N) is 1. The zero-order valence-electron chi connectivity index (χ0n) is 6.40. The van der Waals surface area contributed by atoms with Crippen molar-refractivity contribution in [1.29, 1.82) is 0 Å². The van der Waals surface area contributed by atoms with E-state index in [0.29, 0.717) is 0 Å². The van der Waals surface area contributed by atoms with Crippen molar-refractivity contribution in [3.63, 3.8) is 0 Å². The summed E-state index contributed by atoms with van der Waals surface area (Å²) in [4.78, 5) is 10.7. The van der Waals surface area contributed by atoms with Crippen LogP contribution >= 0.6 is 11.6 Å². The topological polar surface area (TPSA) is 43.1 Å². The lowest BCUT2D eigenvalue weighted by atomic mass is 10.1. The average molecular weight is 188 g/mol. The lowest BCUT2D eigenvalue weighted by molar-refractivity contribution is 0.0999. The zero-order valence-corrected chi connectivity index (χ0v) is 7.15. The quantitative estimate of drug-likeness (QED) is 0.717. The molecule has 2 nitrogen and oxygen atoms in total. The number of benzene rings is 1. The summed E-state index contributed by atoms with van der Waals surface area (Å²) in [5.74, 6) is -1.19. The van der Waals surface area contributed by atoms with Crippen molar-refractivity contribution < 1.29 is 9.18 Å². The van der Waals surface area contributed by atoms with Gasteiger partial charge >= 0.3 is 0 Å². The van der Waals surface area contributed by atoms with E-state index < -0.39 is 11.7 Å². The first-order valence-electron chi connectivity index (χ1n) is 3.28. The predicted octanol–water partition coefficient (Wildman–Crippen LogP) is 1.89. The second-order valence-electron chi connectivity index (χ2n) is 2.42. The van der Waals surface area contributed by atoms with Gasteiger partial charge in [-0.25, -0.2) is 4.39 Å². The summed E-state index contributed by atoms with van der Waals surface area (Å²) in [5, 5.41) is 0.173. The highest BCUT2D eigenvalue weighted by Gasteiger charge is 2.09. The van der Waals surface area contributed by atoms with Crippen molar-refractivity contribution in [3.05, 3.63) is 34.1 Å². The minimum absolute atomic E-state index is 0.125. The van der Waals surface area contributed by atoms with Gasteiger partial charge in [-0.3, -0.25) is 4.79 Å². The van der Waals surface area contributed by atoms with Gasteiger partial charge < -0.3 is 5.73 Å². The smallest absolute Gasteiger partial charge is 0.249 e. The SMILES string of the molecule is Cc1c(F)cc(Cl)cc1C(N)=O. The van der Waals surface area contributed by atoms with Crippen LogP contribution in [0.1, 0.15) is 15.9 Å². The predicted molar refractivity (Wildman–Crippen MR) is 44.7 cm³/mol. The van der Waals surface area contributed by atoms with Gasteiger partial charge in [-0.2, -0.15) is 0 Å². The van der Waals surface area contributed by atoms with Gasteiger partial charge in [0.1, 0.15) is 5.82 Å². The second kappa shape index (κ2) is 3.11. The molecule has 12 heavy (non-hydrogen) atoms. The van der Waals surface area contributed by atoms with E-state index in [1.165, 1.54) is 13.0 Å². The Morgan fingerprint density at radius 3 is 2.67 bits per heavy atom. The van der Waals surface area contributed by atoms with E-state index in [9.17, 15) is 9.18 Å². The molecule has 0 atom stereocenters. The third-order valence-electron chi connectivity index (χ3n) is 1.57. The van der Waals surface area contributed by atoms with Gasteiger partial charge in [0.05, 0.1) is 0 Å². The highest BCUT2D eigenvalue weighted by Crippen LogP contribution is 2.18. The Labute approximate surface area is 74.1 Å². The number of primary amides is 1. The number of carbonyl (C=O) groups is 1. The van der Waals surface area contributed by atoms with Crippen LogP contribution in [0.25, 0.3) is 0 Å². The number of amides is 1. The van der Waals surface area contributed by atoms with E-state index in [2.05, 4.69) is 0 Å². The molecular formula is C8H7ClFNO. The van der Waals surface area contributed by atoms with Crippen LogP contribution in [0.4, 0.5) is 4.39 Å².